The molecule has 2 rings (SSSR count). The molecule has 0 radical (unpaired) electrons. The van der Waals surface area contributed by atoms with Gasteiger partial charge in [0.15, 0.2) is 5.78 Å². The van der Waals surface area contributed by atoms with E-state index < -0.39 is 0 Å². The fourth-order valence-corrected chi connectivity index (χ4v) is 2.20. The van der Waals surface area contributed by atoms with Gasteiger partial charge in [0.2, 0.25) is 0 Å². The predicted octanol–water partition coefficient (Wildman–Crippen LogP) is 3.21. The summed E-state index contributed by atoms with van der Waals surface area (Å²) in [5.41, 5.74) is 0.919. The van der Waals surface area contributed by atoms with E-state index >= 15 is 0 Å². The van der Waals surface area contributed by atoms with Gasteiger partial charge < -0.3 is 9.30 Å². The smallest absolute Gasteiger partial charge is 0.306 e. The summed E-state index contributed by atoms with van der Waals surface area (Å²) in [6.07, 6.45) is 2.18. The minimum absolute atomic E-state index is 0.00414. The molecule has 1 aromatic carbocycles. The summed E-state index contributed by atoms with van der Waals surface area (Å²) in [4.78, 5) is 23.1. The number of hydrogen-bond acceptors (Lipinski definition) is 3. The topological polar surface area (TPSA) is 48.3 Å². The zero-order chi connectivity index (χ0) is 14.5. The fraction of sp³-hybridized carbons (Fsp3) is 0.333. The number of esters is 1. The van der Waals surface area contributed by atoms with E-state index in [2.05, 4.69) is 0 Å². The van der Waals surface area contributed by atoms with Gasteiger partial charge in [-0.1, -0.05) is 17.7 Å². The highest BCUT2D eigenvalue weighted by Crippen LogP contribution is 2.20. The molecule has 0 spiro atoms. The second-order valence-electron chi connectivity index (χ2n) is 4.49. The van der Waals surface area contributed by atoms with Crippen molar-refractivity contribution in [1.82, 2.24) is 4.57 Å². The predicted molar refractivity (Wildman–Crippen MR) is 77.8 cm³/mol. The number of rotatable bonds is 6. The Hall–Kier alpha value is -1.81. The molecule has 0 bridgehead atoms. The number of aromatic nitrogens is 1. The molecule has 5 heteroatoms. The molecule has 0 fully saturated rings. The summed E-state index contributed by atoms with van der Waals surface area (Å²) in [7, 11) is 0. The lowest BCUT2D eigenvalue weighted by Crippen LogP contribution is -2.12. The van der Waals surface area contributed by atoms with Crippen LogP contribution in [0.25, 0.3) is 10.9 Å². The normalized spacial score (nSPS) is 10.7. The molecular weight excluding hydrogens is 278 g/mol. The molecule has 1 aromatic heterocycles. The molecule has 0 atom stereocenters. The van der Waals surface area contributed by atoms with E-state index in [1.54, 1.807) is 6.92 Å². The van der Waals surface area contributed by atoms with Gasteiger partial charge >= 0.3 is 5.97 Å². The van der Waals surface area contributed by atoms with Gasteiger partial charge in [-0.25, -0.2) is 0 Å². The van der Waals surface area contributed by atoms with Crippen molar-refractivity contribution in [2.75, 3.05) is 6.61 Å². The van der Waals surface area contributed by atoms with Crippen LogP contribution < -0.4 is 0 Å². The van der Waals surface area contributed by atoms with E-state index in [9.17, 15) is 9.59 Å². The van der Waals surface area contributed by atoms with Crippen molar-refractivity contribution in [3.63, 3.8) is 0 Å². The first kappa shape index (κ1) is 14.6. The largest absolute Gasteiger partial charge is 0.466 e. The average molecular weight is 294 g/mol. The molecule has 0 unspecified atom stereocenters. The minimum atomic E-state index is -0.332. The van der Waals surface area contributed by atoms with Crippen LogP contribution in [0.4, 0.5) is 0 Å². The van der Waals surface area contributed by atoms with Gasteiger partial charge in [0.25, 0.3) is 0 Å². The standard InChI is InChI=1S/C15H16ClNO3/c1-2-20-15(19)6-5-13(18)10-17-8-7-11-3-4-12(16)9-14(11)17/h3-4,7-9H,2,5-6,10H2,1H3. The molecule has 0 amide bonds. The van der Waals surface area contributed by atoms with Crippen LogP contribution >= 0.6 is 11.6 Å². The van der Waals surface area contributed by atoms with Gasteiger partial charge in [0.1, 0.15) is 0 Å². The Bertz CT molecular complexity index is 633. The van der Waals surface area contributed by atoms with E-state index in [0.717, 1.165) is 10.9 Å². The number of carbonyl (C=O) groups is 2. The van der Waals surface area contributed by atoms with Crippen LogP contribution in [0.1, 0.15) is 19.8 Å². The Morgan fingerprint density at radius 2 is 2.05 bits per heavy atom. The first-order chi connectivity index (χ1) is 9.60. The van der Waals surface area contributed by atoms with E-state index in [-0.39, 0.29) is 31.1 Å². The van der Waals surface area contributed by atoms with Crippen LogP contribution in [0, 0.1) is 0 Å². The number of halogens is 1. The molecule has 0 aliphatic carbocycles. The number of hydrogen-bond donors (Lipinski definition) is 0. The summed E-state index contributed by atoms with van der Waals surface area (Å²) < 4.78 is 6.64. The Morgan fingerprint density at radius 1 is 1.25 bits per heavy atom. The second-order valence-corrected chi connectivity index (χ2v) is 4.93. The maximum atomic E-state index is 11.9. The lowest BCUT2D eigenvalue weighted by atomic mass is 10.2. The van der Waals surface area contributed by atoms with Gasteiger partial charge in [-0.2, -0.15) is 0 Å². The molecule has 1 heterocycles. The highest BCUT2D eigenvalue weighted by atomic mass is 35.5. The summed E-state index contributed by atoms with van der Waals surface area (Å²) in [5.74, 6) is -0.336. The second kappa shape index (κ2) is 6.57. The number of carbonyl (C=O) groups excluding carboxylic acids is 2. The molecule has 2 aromatic rings. The van der Waals surface area contributed by atoms with Crippen molar-refractivity contribution in [3.8, 4) is 0 Å². The fourth-order valence-electron chi connectivity index (χ4n) is 2.04. The van der Waals surface area contributed by atoms with E-state index in [0.29, 0.717) is 11.6 Å². The maximum absolute atomic E-state index is 11.9. The zero-order valence-electron chi connectivity index (χ0n) is 11.3. The number of fused-ring (bicyclic) bond motifs is 1. The number of Topliss-reactive ketones (excluding diaryl/α,β-unsaturated/α-hetero) is 1. The zero-order valence-corrected chi connectivity index (χ0v) is 12.0. The van der Waals surface area contributed by atoms with Gasteiger partial charge in [-0.05, 0) is 30.5 Å². The van der Waals surface area contributed by atoms with Crippen LogP contribution in [0.2, 0.25) is 5.02 Å². The van der Waals surface area contributed by atoms with Gasteiger partial charge in [-0.15, -0.1) is 0 Å². The van der Waals surface area contributed by atoms with Crippen molar-refractivity contribution in [2.45, 2.75) is 26.3 Å². The van der Waals surface area contributed by atoms with Crippen LogP contribution in [0.15, 0.2) is 30.5 Å². The molecule has 4 nitrogen and oxygen atoms in total. The Balaban J connectivity index is 1.99. The first-order valence-electron chi connectivity index (χ1n) is 6.52. The van der Waals surface area contributed by atoms with Crippen molar-refractivity contribution in [2.24, 2.45) is 0 Å². The highest BCUT2D eigenvalue weighted by Gasteiger charge is 2.10. The molecule has 0 saturated carbocycles. The van der Waals surface area contributed by atoms with Crippen LogP contribution in [0.5, 0.6) is 0 Å². The minimum Gasteiger partial charge on any atom is -0.466 e. The number of benzene rings is 1. The quantitative estimate of drug-likeness (QED) is 0.768. The molecule has 0 N–H and O–H groups in total. The SMILES string of the molecule is CCOC(=O)CCC(=O)Cn1ccc2ccc(Cl)cc21. The number of ether oxygens (including phenoxy) is 1. The van der Waals surface area contributed by atoms with Crippen LogP contribution in [0.3, 0.4) is 0 Å². The third-order valence-corrected chi connectivity index (χ3v) is 3.23. The van der Waals surface area contributed by atoms with Crippen LogP contribution in [-0.2, 0) is 20.9 Å². The lowest BCUT2D eigenvalue weighted by molar-refractivity contribution is -0.144. The Morgan fingerprint density at radius 3 is 2.80 bits per heavy atom. The summed E-state index contributed by atoms with van der Waals surface area (Å²) >= 11 is 5.96. The maximum Gasteiger partial charge on any atom is 0.306 e. The third kappa shape index (κ3) is 3.61. The number of ketones is 1. The summed E-state index contributed by atoms with van der Waals surface area (Å²) in [5, 5.41) is 1.67. The van der Waals surface area contributed by atoms with Gasteiger partial charge in [-0.3, -0.25) is 9.59 Å². The molecule has 106 valence electrons. The molecule has 0 aliphatic heterocycles. The van der Waals surface area contributed by atoms with E-state index in [1.807, 2.05) is 35.0 Å². The molecule has 20 heavy (non-hydrogen) atoms. The van der Waals surface area contributed by atoms with Gasteiger partial charge in [0.05, 0.1) is 19.6 Å². The number of nitrogens with zero attached hydrogens (tertiary/aromatic N) is 1. The van der Waals surface area contributed by atoms with Crippen LogP contribution in [-0.4, -0.2) is 22.9 Å². The summed E-state index contributed by atoms with van der Waals surface area (Å²) in [6, 6.07) is 7.49. The molecule has 0 aliphatic rings. The van der Waals surface area contributed by atoms with E-state index in [1.165, 1.54) is 0 Å². The average Bonchev–Trinajstić information content (AvgIpc) is 2.79. The van der Waals surface area contributed by atoms with Crippen molar-refractivity contribution in [3.05, 3.63) is 35.5 Å². The van der Waals surface area contributed by atoms with Crippen molar-refractivity contribution >= 4 is 34.3 Å². The highest BCUT2D eigenvalue weighted by molar-refractivity contribution is 6.31. The lowest BCUT2D eigenvalue weighted by Gasteiger charge is -2.05. The van der Waals surface area contributed by atoms with Crippen molar-refractivity contribution < 1.29 is 14.3 Å². The first-order valence-corrected chi connectivity index (χ1v) is 6.89. The third-order valence-electron chi connectivity index (χ3n) is 3.00. The molecule has 0 saturated heterocycles. The summed E-state index contributed by atoms with van der Waals surface area (Å²) in [6.45, 7) is 2.33. The molecular formula is C15H16ClNO3. The van der Waals surface area contributed by atoms with E-state index in [4.69, 9.17) is 16.3 Å². The van der Waals surface area contributed by atoms with Crippen molar-refractivity contribution in [1.29, 1.82) is 0 Å². The Kier molecular flexibility index (Phi) is 4.79. The Labute approximate surface area is 122 Å². The monoisotopic (exact) mass is 293 g/mol. The van der Waals surface area contributed by atoms with Gasteiger partial charge in [0, 0.05) is 23.2 Å².